The highest BCUT2D eigenvalue weighted by molar-refractivity contribution is 5.97. The first kappa shape index (κ1) is 7.58. The molecule has 1 saturated heterocycles. The van der Waals surface area contributed by atoms with Crippen molar-refractivity contribution in [3.63, 3.8) is 0 Å². The molecule has 2 N–H and O–H groups in total. The summed E-state index contributed by atoms with van der Waals surface area (Å²) in [6.45, 7) is 0.676. The van der Waals surface area contributed by atoms with Gasteiger partial charge in [-0.2, -0.15) is 0 Å². The second-order valence-corrected chi connectivity index (χ2v) is 3.81. The number of carboxylic acids is 1. The molecule has 2 rings (SSSR count). The van der Waals surface area contributed by atoms with Crippen LogP contribution in [0.4, 0.5) is 0 Å². The van der Waals surface area contributed by atoms with Gasteiger partial charge in [0.15, 0.2) is 0 Å². The number of amides is 1. The number of hydrogen-bond acceptors (Lipinski definition) is 2. The van der Waals surface area contributed by atoms with Gasteiger partial charge in [-0.15, -0.1) is 0 Å². The average molecular weight is 169 g/mol. The zero-order valence-corrected chi connectivity index (χ0v) is 6.67. The quantitative estimate of drug-likeness (QED) is 0.542. The molecule has 1 aliphatic heterocycles. The zero-order chi connectivity index (χ0) is 8.77. The van der Waals surface area contributed by atoms with E-state index in [0.717, 1.165) is 12.8 Å². The topological polar surface area (TPSA) is 66.4 Å². The van der Waals surface area contributed by atoms with Gasteiger partial charge < -0.3 is 10.4 Å². The molecule has 4 heteroatoms. The normalized spacial score (nSPS) is 31.3. The van der Waals surface area contributed by atoms with Crippen LogP contribution in [0.25, 0.3) is 0 Å². The van der Waals surface area contributed by atoms with E-state index in [2.05, 4.69) is 5.32 Å². The van der Waals surface area contributed by atoms with Gasteiger partial charge in [0.05, 0.1) is 0 Å². The van der Waals surface area contributed by atoms with E-state index in [-0.39, 0.29) is 11.3 Å². The van der Waals surface area contributed by atoms with Crippen LogP contribution in [-0.4, -0.2) is 23.5 Å². The molecule has 0 aromatic rings. The first-order valence-corrected chi connectivity index (χ1v) is 4.14. The molecule has 2 fully saturated rings. The van der Waals surface area contributed by atoms with Crippen molar-refractivity contribution in [3.05, 3.63) is 0 Å². The molecule has 0 aromatic carbocycles. The van der Waals surface area contributed by atoms with E-state index in [0.29, 0.717) is 13.0 Å². The summed E-state index contributed by atoms with van der Waals surface area (Å²) in [5.41, 5.74) is 0.150. The molecular formula is C8H11NO3. The van der Waals surface area contributed by atoms with Crippen LogP contribution in [0, 0.1) is 11.3 Å². The lowest BCUT2D eigenvalue weighted by molar-refractivity contribution is -0.149. The van der Waals surface area contributed by atoms with Gasteiger partial charge in [-0.05, 0) is 24.7 Å². The van der Waals surface area contributed by atoms with Crippen LogP contribution in [0.1, 0.15) is 19.3 Å². The Balaban J connectivity index is 2.10. The lowest BCUT2D eigenvalue weighted by Gasteiger charge is -2.26. The molecule has 0 bridgehead atoms. The third-order valence-electron chi connectivity index (χ3n) is 2.85. The molecular weight excluding hydrogens is 158 g/mol. The maximum Gasteiger partial charge on any atom is 0.316 e. The maximum absolute atomic E-state index is 11.1. The van der Waals surface area contributed by atoms with Crippen LogP contribution in [0.15, 0.2) is 0 Å². The zero-order valence-electron chi connectivity index (χ0n) is 6.67. The largest absolute Gasteiger partial charge is 0.481 e. The minimum absolute atomic E-state index is 0.150. The van der Waals surface area contributed by atoms with Gasteiger partial charge in [0.25, 0.3) is 0 Å². The van der Waals surface area contributed by atoms with Crippen LogP contribution in [0.3, 0.4) is 0 Å². The Labute approximate surface area is 69.9 Å². The van der Waals surface area contributed by atoms with E-state index < -0.39 is 11.9 Å². The van der Waals surface area contributed by atoms with Gasteiger partial charge in [-0.25, -0.2) is 0 Å². The predicted octanol–water partition coefficient (Wildman–Crippen LogP) is -0.0127. The number of rotatable bonds is 1. The van der Waals surface area contributed by atoms with Gasteiger partial charge in [0.2, 0.25) is 5.91 Å². The second kappa shape index (κ2) is 2.21. The van der Waals surface area contributed by atoms with Gasteiger partial charge in [-0.3, -0.25) is 9.59 Å². The highest BCUT2D eigenvalue weighted by atomic mass is 16.4. The molecule has 1 heterocycles. The third kappa shape index (κ3) is 1.07. The Morgan fingerprint density at radius 2 is 2.25 bits per heavy atom. The summed E-state index contributed by atoms with van der Waals surface area (Å²) < 4.78 is 0. The Kier molecular flexibility index (Phi) is 1.40. The van der Waals surface area contributed by atoms with E-state index in [9.17, 15) is 9.59 Å². The smallest absolute Gasteiger partial charge is 0.316 e. The molecule has 0 aromatic heterocycles. The van der Waals surface area contributed by atoms with Crippen molar-refractivity contribution < 1.29 is 14.7 Å². The predicted molar refractivity (Wildman–Crippen MR) is 40.4 cm³/mol. The Hall–Kier alpha value is -1.06. The second-order valence-electron chi connectivity index (χ2n) is 3.81. The van der Waals surface area contributed by atoms with Gasteiger partial charge >= 0.3 is 5.97 Å². The maximum atomic E-state index is 11.1. The Morgan fingerprint density at radius 1 is 1.58 bits per heavy atom. The molecule has 1 unspecified atom stereocenters. The fraction of sp³-hybridized carbons (Fsp3) is 0.750. The number of carbonyl (C=O) groups excluding carboxylic acids is 1. The number of piperidine rings is 1. The summed E-state index contributed by atoms with van der Waals surface area (Å²) in [6.07, 6.45) is 2.67. The SMILES string of the molecule is O=C(O)C1CC2(CC2)CNC1=O. The number of nitrogens with one attached hydrogen (secondary N) is 1. The molecule has 66 valence electrons. The number of aliphatic carboxylic acids is 1. The molecule has 1 saturated carbocycles. The summed E-state index contributed by atoms with van der Waals surface area (Å²) in [5, 5.41) is 11.4. The average Bonchev–Trinajstić information content (AvgIpc) is 2.76. The molecule has 0 radical (unpaired) electrons. The summed E-state index contributed by atoms with van der Waals surface area (Å²) in [6, 6.07) is 0. The van der Waals surface area contributed by atoms with E-state index >= 15 is 0 Å². The van der Waals surface area contributed by atoms with Crippen molar-refractivity contribution in [3.8, 4) is 0 Å². The Bertz CT molecular complexity index is 245. The van der Waals surface area contributed by atoms with Crippen LogP contribution >= 0.6 is 0 Å². The molecule has 1 spiro atoms. The van der Waals surface area contributed by atoms with Gasteiger partial charge in [0, 0.05) is 6.54 Å². The first-order chi connectivity index (χ1) is 5.63. The molecule has 1 aliphatic carbocycles. The number of hydrogen-bond donors (Lipinski definition) is 2. The lowest BCUT2D eigenvalue weighted by Crippen LogP contribution is -2.45. The lowest BCUT2D eigenvalue weighted by atomic mass is 9.87. The highest BCUT2D eigenvalue weighted by Gasteiger charge is 2.50. The Morgan fingerprint density at radius 3 is 2.75 bits per heavy atom. The van der Waals surface area contributed by atoms with Gasteiger partial charge in [0.1, 0.15) is 5.92 Å². The van der Waals surface area contributed by atoms with Crippen molar-refractivity contribution >= 4 is 11.9 Å². The molecule has 1 atom stereocenters. The molecule has 4 nitrogen and oxygen atoms in total. The van der Waals surface area contributed by atoms with E-state index in [1.807, 2.05) is 0 Å². The van der Waals surface area contributed by atoms with Crippen molar-refractivity contribution in [2.24, 2.45) is 11.3 Å². The highest BCUT2D eigenvalue weighted by Crippen LogP contribution is 2.51. The minimum atomic E-state index is -0.988. The molecule has 1 amide bonds. The van der Waals surface area contributed by atoms with Crippen molar-refractivity contribution in [2.75, 3.05) is 6.54 Å². The van der Waals surface area contributed by atoms with Crippen LogP contribution in [0.5, 0.6) is 0 Å². The number of carbonyl (C=O) groups is 2. The summed E-state index contributed by atoms with van der Waals surface area (Å²) in [5.74, 6) is -2.11. The van der Waals surface area contributed by atoms with Crippen LogP contribution in [-0.2, 0) is 9.59 Å². The summed E-state index contributed by atoms with van der Waals surface area (Å²) in [4.78, 5) is 21.7. The van der Waals surface area contributed by atoms with Crippen LogP contribution < -0.4 is 5.32 Å². The van der Waals surface area contributed by atoms with Gasteiger partial charge in [-0.1, -0.05) is 0 Å². The third-order valence-corrected chi connectivity index (χ3v) is 2.85. The standard InChI is InChI=1S/C8H11NO3/c10-6-5(7(11)12)3-8(1-2-8)4-9-6/h5H,1-4H2,(H,9,10)(H,11,12). The van der Waals surface area contributed by atoms with E-state index in [1.165, 1.54) is 0 Å². The van der Waals surface area contributed by atoms with E-state index in [4.69, 9.17) is 5.11 Å². The fourth-order valence-electron chi connectivity index (χ4n) is 1.75. The minimum Gasteiger partial charge on any atom is -0.481 e. The summed E-state index contributed by atoms with van der Waals surface area (Å²) in [7, 11) is 0. The van der Waals surface area contributed by atoms with Crippen molar-refractivity contribution in [2.45, 2.75) is 19.3 Å². The fourth-order valence-corrected chi connectivity index (χ4v) is 1.75. The summed E-state index contributed by atoms with van der Waals surface area (Å²) >= 11 is 0. The van der Waals surface area contributed by atoms with Crippen molar-refractivity contribution in [1.29, 1.82) is 0 Å². The van der Waals surface area contributed by atoms with E-state index in [1.54, 1.807) is 0 Å². The van der Waals surface area contributed by atoms with Crippen molar-refractivity contribution in [1.82, 2.24) is 5.32 Å². The number of carboxylic acid groups (broad SMARTS) is 1. The molecule has 2 aliphatic rings. The molecule has 12 heavy (non-hydrogen) atoms. The van der Waals surface area contributed by atoms with Crippen LogP contribution in [0.2, 0.25) is 0 Å². The monoisotopic (exact) mass is 169 g/mol. The first-order valence-electron chi connectivity index (χ1n) is 4.14.